The third-order valence-electron chi connectivity index (χ3n) is 3.62. The summed E-state index contributed by atoms with van der Waals surface area (Å²) in [7, 11) is 0. The lowest BCUT2D eigenvalue weighted by molar-refractivity contribution is 0.886. The van der Waals surface area contributed by atoms with E-state index in [-0.39, 0.29) is 11.6 Å². The van der Waals surface area contributed by atoms with Crippen molar-refractivity contribution in [2.24, 2.45) is 0 Å². The third kappa shape index (κ3) is 2.70. The maximum atomic E-state index is 12.2. The topological polar surface area (TPSA) is 112 Å². The number of aromatic amines is 1. The molecule has 2 heterocycles. The molecule has 2 N–H and O–H groups in total. The molecule has 0 atom stereocenters. The Hall–Kier alpha value is -3.99. The van der Waals surface area contributed by atoms with E-state index in [1.807, 2.05) is 24.3 Å². The lowest BCUT2D eigenvalue weighted by Crippen LogP contribution is -2.18. The van der Waals surface area contributed by atoms with Gasteiger partial charge in [-0.25, -0.2) is 19.3 Å². The molecule has 0 saturated heterocycles. The predicted octanol–water partition coefficient (Wildman–Crippen LogP) is 2.12. The van der Waals surface area contributed by atoms with Crippen molar-refractivity contribution in [1.82, 2.24) is 24.5 Å². The lowest BCUT2D eigenvalue weighted by atomic mass is 10.2. The van der Waals surface area contributed by atoms with E-state index in [1.165, 1.54) is 10.9 Å². The van der Waals surface area contributed by atoms with Crippen LogP contribution in [0.1, 0.15) is 5.56 Å². The van der Waals surface area contributed by atoms with Gasteiger partial charge in [0.15, 0.2) is 0 Å². The van der Waals surface area contributed by atoms with Crippen LogP contribution in [0.5, 0.6) is 0 Å². The number of benzene rings is 2. The average Bonchev–Trinajstić information content (AvgIpc) is 2.98. The summed E-state index contributed by atoms with van der Waals surface area (Å²) in [5.41, 5.74) is 2.35. The zero-order chi connectivity index (χ0) is 17.2. The highest BCUT2D eigenvalue weighted by Gasteiger charge is 2.11. The summed E-state index contributed by atoms with van der Waals surface area (Å²) >= 11 is 0. The number of rotatable bonds is 3. The zero-order valence-electron chi connectivity index (χ0n) is 12.8. The van der Waals surface area contributed by atoms with Gasteiger partial charge in [0.05, 0.1) is 22.7 Å². The van der Waals surface area contributed by atoms with E-state index in [4.69, 9.17) is 5.26 Å². The van der Waals surface area contributed by atoms with Crippen molar-refractivity contribution in [3.8, 4) is 12.0 Å². The lowest BCUT2D eigenvalue weighted by Gasteiger charge is -2.06. The van der Waals surface area contributed by atoms with Gasteiger partial charge in [-0.1, -0.05) is 12.1 Å². The van der Waals surface area contributed by atoms with Crippen LogP contribution < -0.4 is 11.0 Å². The summed E-state index contributed by atoms with van der Waals surface area (Å²) in [6, 6.07) is 16.2. The van der Waals surface area contributed by atoms with Crippen LogP contribution >= 0.6 is 0 Å². The second kappa shape index (κ2) is 5.90. The first-order chi connectivity index (χ1) is 12.2. The van der Waals surface area contributed by atoms with E-state index in [2.05, 4.69) is 31.3 Å². The predicted molar refractivity (Wildman–Crippen MR) is 91.7 cm³/mol. The number of nitrogens with one attached hydrogen (secondary N) is 2. The zero-order valence-corrected chi connectivity index (χ0v) is 12.8. The molecule has 8 heteroatoms. The number of nitrogens with zero attached hydrogens (tertiary/aromatic N) is 5. The highest BCUT2D eigenvalue weighted by Crippen LogP contribution is 2.15. The normalized spacial score (nSPS) is 10.5. The van der Waals surface area contributed by atoms with Crippen LogP contribution in [0.4, 0.5) is 11.6 Å². The molecule has 0 aliphatic carbocycles. The molecule has 0 spiro atoms. The fourth-order valence-corrected chi connectivity index (χ4v) is 2.47. The van der Waals surface area contributed by atoms with Crippen molar-refractivity contribution in [2.75, 3.05) is 5.32 Å². The Morgan fingerprint density at radius 2 is 1.88 bits per heavy atom. The van der Waals surface area contributed by atoms with Crippen molar-refractivity contribution in [2.45, 2.75) is 0 Å². The molecule has 8 nitrogen and oxygen atoms in total. The number of fused-ring (bicyclic) bond motifs is 1. The van der Waals surface area contributed by atoms with Gasteiger partial charge < -0.3 is 10.3 Å². The molecule has 25 heavy (non-hydrogen) atoms. The van der Waals surface area contributed by atoms with Crippen LogP contribution in [-0.2, 0) is 0 Å². The quantitative estimate of drug-likeness (QED) is 0.595. The van der Waals surface area contributed by atoms with Gasteiger partial charge in [0, 0.05) is 5.69 Å². The fraction of sp³-hybridized carbons (Fsp3) is 0. The minimum Gasteiger partial charge on any atom is -0.324 e. The Balaban J connectivity index is 1.72. The average molecular weight is 329 g/mol. The fourth-order valence-electron chi connectivity index (χ4n) is 2.47. The number of anilines is 2. The second-order valence-electron chi connectivity index (χ2n) is 5.21. The minimum absolute atomic E-state index is 0.216. The molecule has 0 fully saturated rings. The van der Waals surface area contributed by atoms with E-state index < -0.39 is 0 Å². The summed E-state index contributed by atoms with van der Waals surface area (Å²) in [4.78, 5) is 27.5. The monoisotopic (exact) mass is 329 g/mol. The van der Waals surface area contributed by atoms with E-state index in [1.54, 1.807) is 24.3 Å². The van der Waals surface area contributed by atoms with Gasteiger partial charge in [-0.2, -0.15) is 10.2 Å². The molecule has 4 aromatic rings. The largest absolute Gasteiger partial charge is 0.333 e. The maximum absolute atomic E-state index is 12.2. The third-order valence-corrected chi connectivity index (χ3v) is 3.62. The van der Waals surface area contributed by atoms with Gasteiger partial charge >= 0.3 is 5.69 Å². The highest BCUT2D eigenvalue weighted by atomic mass is 16.1. The van der Waals surface area contributed by atoms with Crippen molar-refractivity contribution in [3.63, 3.8) is 0 Å². The molecular formula is C17H11N7O. The molecular weight excluding hydrogens is 318 g/mol. The summed E-state index contributed by atoms with van der Waals surface area (Å²) in [5, 5.41) is 11.9. The van der Waals surface area contributed by atoms with Crippen LogP contribution in [-0.4, -0.2) is 24.5 Å². The van der Waals surface area contributed by atoms with Gasteiger partial charge in [-0.05, 0) is 36.4 Å². The second-order valence-corrected chi connectivity index (χ2v) is 5.21. The highest BCUT2D eigenvalue weighted by molar-refractivity contribution is 5.76. The molecule has 120 valence electrons. The molecule has 0 saturated carbocycles. The number of imidazole rings is 1. The number of para-hydroxylation sites is 2. The molecule has 0 aliphatic heterocycles. The Morgan fingerprint density at radius 3 is 2.68 bits per heavy atom. The number of hydrogen-bond acceptors (Lipinski definition) is 6. The molecule has 2 aromatic carbocycles. The number of H-pyrrole nitrogens is 1. The van der Waals surface area contributed by atoms with Gasteiger partial charge in [0.25, 0.3) is 0 Å². The molecule has 0 amide bonds. The summed E-state index contributed by atoms with van der Waals surface area (Å²) < 4.78 is 1.39. The number of hydrogen-bond donors (Lipinski definition) is 2. The minimum atomic E-state index is -0.322. The molecule has 0 unspecified atom stereocenters. The first-order valence-corrected chi connectivity index (χ1v) is 7.41. The van der Waals surface area contributed by atoms with Crippen LogP contribution in [0.2, 0.25) is 0 Å². The van der Waals surface area contributed by atoms with Crippen LogP contribution in [0, 0.1) is 11.3 Å². The summed E-state index contributed by atoms with van der Waals surface area (Å²) in [5.74, 6) is 0.514. The SMILES string of the molecule is N#Cc1ccc(Nc2ncnc(-n3c(=O)[nH]c4ccccc43)n2)cc1. The first-order valence-electron chi connectivity index (χ1n) is 7.41. The Morgan fingerprint density at radius 1 is 1.08 bits per heavy atom. The smallest absolute Gasteiger partial charge is 0.324 e. The van der Waals surface area contributed by atoms with Gasteiger partial charge in [-0.15, -0.1) is 0 Å². The Bertz CT molecular complexity index is 1150. The molecule has 0 radical (unpaired) electrons. The van der Waals surface area contributed by atoms with Crippen LogP contribution in [0.25, 0.3) is 17.0 Å². The summed E-state index contributed by atoms with van der Waals surface area (Å²) in [6.07, 6.45) is 1.34. The number of aromatic nitrogens is 5. The van der Waals surface area contributed by atoms with Crippen LogP contribution in [0.15, 0.2) is 59.7 Å². The van der Waals surface area contributed by atoms with Crippen molar-refractivity contribution in [1.29, 1.82) is 5.26 Å². The molecule has 4 rings (SSSR count). The number of nitriles is 1. The molecule has 0 bridgehead atoms. The van der Waals surface area contributed by atoms with Crippen molar-refractivity contribution < 1.29 is 0 Å². The Labute approximate surface area is 141 Å². The van der Waals surface area contributed by atoms with E-state index >= 15 is 0 Å². The van der Waals surface area contributed by atoms with Crippen LogP contribution in [0.3, 0.4) is 0 Å². The maximum Gasteiger partial charge on any atom is 0.333 e. The summed E-state index contributed by atoms with van der Waals surface area (Å²) in [6.45, 7) is 0. The van der Waals surface area contributed by atoms with E-state index in [0.29, 0.717) is 22.5 Å². The molecule has 0 aliphatic rings. The standard InChI is InChI=1S/C17H11N7O/c18-9-11-5-7-12(8-6-11)21-15-19-10-20-16(23-15)24-14-4-2-1-3-13(14)22-17(24)25/h1-8,10H,(H,22,25)(H,19,20,21,23). The molecule has 2 aromatic heterocycles. The van der Waals surface area contributed by atoms with E-state index in [0.717, 1.165) is 5.69 Å². The van der Waals surface area contributed by atoms with Gasteiger partial charge in [0.2, 0.25) is 11.9 Å². The van der Waals surface area contributed by atoms with Gasteiger partial charge in [-0.3, -0.25) is 0 Å². The van der Waals surface area contributed by atoms with Gasteiger partial charge in [0.1, 0.15) is 6.33 Å². The Kier molecular flexibility index (Phi) is 3.44. The van der Waals surface area contributed by atoms with Crippen molar-refractivity contribution in [3.05, 3.63) is 70.9 Å². The van der Waals surface area contributed by atoms with Crippen molar-refractivity contribution >= 4 is 22.7 Å². The van der Waals surface area contributed by atoms with E-state index in [9.17, 15) is 4.79 Å². The first kappa shape index (κ1) is 14.6.